The van der Waals surface area contributed by atoms with Crippen LogP contribution in [0.5, 0.6) is 0 Å². The fourth-order valence-electron chi connectivity index (χ4n) is 2.46. The Morgan fingerprint density at radius 2 is 2.06 bits per heavy atom. The summed E-state index contributed by atoms with van der Waals surface area (Å²) in [5.41, 5.74) is 0.0839. The van der Waals surface area contributed by atoms with E-state index in [2.05, 4.69) is 24.5 Å². The lowest BCUT2D eigenvalue weighted by molar-refractivity contribution is -0.139. The first-order chi connectivity index (χ1) is 8.36. The number of carbonyl (C=O) groups is 2. The van der Waals surface area contributed by atoms with Gasteiger partial charge in [0, 0.05) is 6.04 Å². The molecule has 1 aliphatic rings. The zero-order chi connectivity index (χ0) is 13.8. The molecular formula is C13H24N2O3. The molecule has 0 aromatic rings. The molecule has 1 rings (SSSR count). The average molecular weight is 256 g/mol. The summed E-state index contributed by atoms with van der Waals surface area (Å²) >= 11 is 0. The molecular weight excluding hydrogens is 232 g/mol. The summed E-state index contributed by atoms with van der Waals surface area (Å²) in [6, 6.07) is -1.06. The molecule has 5 heteroatoms. The molecule has 0 aliphatic heterocycles. The van der Waals surface area contributed by atoms with Crippen LogP contribution in [0.4, 0.5) is 4.79 Å². The molecule has 5 nitrogen and oxygen atoms in total. The van der Waals surface area contributed by atoms with E-state index in [9.17, 15) is 9.59 Å². The second-order valence-electron chi connectivity index (χ2n) is 5.70. The van der Waals surface area contributed by atoms with E-state index in [1.165, 1.54) is 6.42 Å². The highest BCUT2D eigenvalue weighted by molar-refractivity contribution is 5.82. The lowest BCUT2D eigenvalue weighted by Gasteiger charge is -2.39. The Hall–Kier alpha value is -1.26. The number of urea groups is 1. The first-order valence-electron chi connectivity index (χ1n) is 6.66. The van der Waals surface area contributed by atoms with E-state index in [4.69, 9.17) is 5.11 Å². The van der Waals surface area contributed by atoms with Gasteiger partial charge in [-0.25, -0.2) is 9.59 Å². The normalized spacial score (nSPS) is 24.1. The van der Waals surface area contributed by atoms with Gasteiger partial charge >= 0.3 is 12.0 Å². The summed E-state index contributed by atoms with van der Waals surface area (Å²) in [5.74, 6) is -0.990. The number of rotatable bonds is 4. The maximum atomic E-state index is 11.8. The Balaban J connectivity index is 2.51. The topological polar surface area (TPSA) is 78.4 Å². The van der Waals surface area contributed by atoms with Gasteiger partial charge in [0.25, 0.3) is 0 Å². The van der Waals surface area contributed by atoms with E-state index in [-0.39, 0.29) is 17.5 Å². The Morgan fingerprint density at radius 1 is 1.39 bits per heavy atom. The second-order valence-corrected chi connectivity index (χ2v) is 5.70. The summed E-state index contributed by atoms with van der Waals surface area (Å²) in [7, 11) is 0. The molecule has 1 aliphatic carbocycles. The standard InChI is InChI=1S/C13H24N2O3/c1-4-9(11(16)17)14-12(18)15-10-7-5-6-8-13(10,2)3/h9-10H,4-8H2,1-3H3,(H,16,17)(H2,14,15,18)/t9-,10?/m1/s1. The van der Waals surface area contributed by atoms with Gasteiger partial charge in [0.15, 0.2) is 0 Å². The maximum absolute atomic E-state index is 11.8. The van der Waals surface area contributed by atoms with Crippen LogP contribution in [-0.4, -0.2) is 29.2 Å². The third-order valence-electron chi connectivity index (χ3n) is 3.82. The molecule has 0 heterocycles. The summed E-state index contributed by atoms with van der Waals surface area (Å²) in [6.07, 6.45) is 4.75. The maximum Gasteiger partial charge on any atom is 0.326 e. The second kappa shape index (κ2) is 6.07. The van der Waals surface area contributed by atoms with Crippen molar-refractivity contribution in [3.05, 3.63) is 0 Å². The molecule has 0 saturated heterocycles. The van der Waals surface area contributed by atoms with E-state index >= 15 is 0 Å². The van der Waals surface area contributed by atoms with Gasteiger partial charge in [-0.3, -0.25) is 0 Å². The van der Waals surface area contributed by atoms with Crippen LogP contribution in [0, 0.1) is 5.41 Å². The number of nitrogens with one attached hydrogen (secondary N) is 2. The predicted molar refractivity (Wildman–Crippen MR) is 69.4 cm³/mol. The quantitative estimate of drug-likeness (QED) is 0.721. The molecule has 0 radical (unpaired) electrons. The number of amides is 2. The summed E-state index contributed by atoms with van der Waals surface area (Å²) in [5, 5.41) is 14.3. The SMILES string of the molecule is CC[C@@H](NC(=O)NC1CCCCC1(C)C)C(=O)O. The first kappa shape index (κ1) is 14.8. The van der Waals surface area contributed by atoms with Crippen LogP contribution < -0.4 is 10.6 Å². The number of hydrogen-bond donors (Lipinski definition) is 3. The van der Waals surface area contributed by atoms with Crippen LogP contribution in [0.3, 0.4) is 0 Å². The molecule has 104 valence electrons. The number of hydrogen-bond acceptors (Lipinski definition) is 2. The summed E-state index contributed by atoms with van der Waals surface area (Å²) in [6.45, 7) is 6.03. The van der Waals surface area contributed by atoms with Crippen LogP contribution in [0.15, 0.2) is 0 Å². The molecule has 0 spiro atoms. The van der Waals surface area contributed by atoms with Crippen molar-refractivity contribution in [1.82, 2.24) is 10.6 Å². The highest BCUT2D eigenvalue weighted by atomic mass is 16.4. The van der Waals surface area contributed by atoms with Gasteiger partial charge in [-0.2, -0.15) is 0 Å². The van der Waals surface area contributed by atoms with Gasteiger partial charge in [-0.1, -0.05) is 33.6 Å². The average Bonchev–Trinajstić information content (AvgIpc) is 2.28. The Bertz CT molecular complexity index is 315. The Labute approximate surface area is 108 Å². The van der Waals surface area contributed by atoms with Crippen molar-refractivity contribution in [3.8, 4) is 0 Å². The lowest BCUT2D eigenvalue weighted by Crippen LogP contribution is -2.53. The summed E-state index contributed by atoms with van der Waals surface area (Å²) < 4.78 is 0. The van der Waals surface area contributed by atoms with Crippen LogP contribution in [0.1, 0.15) is 52.9 Å². The molecule has 2 atom stereocenters. The number of aliphatic carboxylic acids is 1. The molecule has 1 unspecified atom stereocenters. The molecule has 3 N–H and O–H groups in total. The lowest BCUT2D eigenvalue weighted by atomic mass is 9.73. The molecule has 2 amide bonds. The number of carbonyl (C=O) groups excluding carboxylic acids is 1. The number of carboxylic acids is 1. The van der Waals surface area contributed by atoms with Crippen LogP contribution >= 0.6 is 0 Å². The smallest absolute Gasteiger partial charge is 0.326 e. The Morgan fingerprint density at radius 3 is 2.56 bits per heavy atom. The summed E-state index contributed by atoms with van der Waals surface area (Å²) in [4.78, 5) is 22.6. The van der Waals surface area contributed by atoms with Gasteiger partial charge in [0.2, 0.25) is 0 Å². The molecule has 1 saturated carbocycles. The van der Waals surface area contributed by atoms with Gasteiger partial charge in [-0.15, -0.1) is 0 Å². The number of carboxylic acid groups (broad SMARTS) is 1. The van der Waals surface area contributed by atoms with Crippen molar-refractivity contribution < 1.29 is 14.7 Å². The molecule has 1 fully saturated rings. The van der Waals surface area contributed by atoms with Crippen molar-refractivity contribution in [3.63, 3.8) is 0 Å². The molecule has 0 bridgehead atoms. The minimum Gasteiger partial charge on any atom is -0.480 e. The molecule has 0 aromatic heterocycles. The van der Waals surface area contributed by atoms with Crippen LogP contribution in [0.25, 0.3) is 0 Å². The van der Waals surface area contributed by atoms with E-state index < -0.39 is 12.0 Å². The van der Waals surface area contributed by atoms with Gasteiger partial charge in [0.1, 0.15) is 6.04 Å². The van der Waals surface area contributed by atoms with Crippen molar-refractivity contribution in [2.75, 3.05) is 0 Å². The first-order valence-corrected chi connectivity index (χ1v) is 6.66. The molecule has 18 heavy (non-hydrogen) atoms. The van der Waals surface area contributed by atoms with E-state index in [0.29, 0.717) is 6.42 Å². The fourth-order valence-corrected chi connectivity index (χ4v) is 2.46. The van der Waals surface area contributed by atoms with Crippen molar-refractivity contribution >= 4 is 12.0 Å². The minimum atomic E-state index is -0.990. The predicted octanol–water partition coefficient (Wildman–Crippen LogP) is 2.12. The Kier molecular flexibility index (Phi) is 4.99. The fraction of sp³-hybridized carbons (Fsp3) is 0.846. The van der Waals surface area contributed by atoms with E-state index in [1.807, 2.05) is 0 Å². The highest BCUT2D eigenvalue weighted by Crippen LogP contribution is 2.35. The third-order valence-corrected chi connectivity index (χ3v) is 3.82. The van der Waals surface area contributed by atoms with Gasteiger partial charge in [-0.05, 0) is 24.7 Å². The zero-order valence-corrected chi connectivity index (χ0v) is 11.5. The zero-order valence-electron chi connectivity index (χ0n) is 11.5. The van der Waals surface area contributed by atoms with Gasteiger partial charge in [0.05, 0.1) is 0 Å². The van der Waals surface area contributed by atoms with Crippen LogP contribution in [-0.2, 0) is 4.79 Å². The molecule has 0 aromatic carbocycles. The van der Waals surface area contributed by atoms with Crippen molar-refractivity contribution in [1.29, 1.82) is 0 Å². The third kappa shape index (κ3) is 3.89. The van der Waals surface area contributed by atoms with Crippen LogP contribution in [0.2, 0.25) is 0 Å². The van der Waals surface area contributed by atoms with E-state index in [0.717, 1.165) is 19.3 Å². The van der Waals surface area contributed by atoms with E-state index in [1.54, 1.807) is 6.92 Å². The monoisotopic (exact) mass is 256 g/mol. The minimum absolute atomic E-state index is 0.0839. The largest absolute Gasteiger partial charge is 0.480 e. The highest BCUT2D eigenvalue weighted by Gasteiger charge is 2.33. The van der Waals surface area contributed by atoms with Crippen molar-refractivity contribution in [2.45, 2.75) is 65.0 Å². The van der Waals surface area contributed by atoms with Gasteiger partial charge < -0.3 is 15.7 Å². The van der Waals surface area contributed by atoms with Crippen molar-refractivity contribution in [2.24, 2.45) is 5.41 Å².